The molecule has 6 nitrogen and oxygen atoms in total. The quantitative estimate of drug-likeness (QED) is 0.845. The van der Waals surface area contributed by atoms with E-state index in [1.807, 2.05) is 14.0 Å². The van der Waals surface area contributed by atoms with Crippen LogP contribution in [0.4, 0.5) is 5.82 Å². The van der Waals surface area contributed by atoms with Crippen LogP contribution in [0.5, 0.6) is 0 Å². The molecule has 26 heavy (non-hydrogen) atoms. The molecule has 1 aromatic heterocycles. The van der Waals surface area contributed by atoms with Gasteiger partial charge in [0.2, 0.25) is 5.91 Å². The molecule has 1 saturated carbocycles. The summed E-state index contributed by atoms with van der Waals surface area (Å²) in [5.41, 5.74) is 7.03. The number of hydrogen-bond acceptors (Lipinski definition) is 4. The van der Waals surface area contributed by atoms with Gasteiger partial charge in [-0.3, -0.25) is 9.59 Å². The minimum absolute atomic E-state index is 0.166. The Hall–Kier alpha value is -2.11. The summed E-state index contributed by atoms with van der Waals surface area (Å²) in [7, 11) is 1.81. The van der Waals surface area contributed by atoms with Crippen LogP contribution in [0, 0.1) is 17.8 Å². The molecule has 2 rings (SSSR count). The number of aryl methyl sites for hydroxylation is 1. The fourth-order valence-corrected chi connectivity index (χ4v) is 3.55. The predicted molar refractivity (Wildman–Crippen MR) is 104 cm³/mol. The van der Waals surface area contributed by atoms with Gasteiger partial charge in [0.25, 0.3) is 5.91 Å². The van der Waals surface area contributed by atoms with E-state index in [2.05, 4.69) is 31.1 Å². The number of carbonyl (C=O) groups excluding carboxylic acids is 2. The van der Waals surface area contributed by atoms with Gasteiger partial charge in [0.15, 0.2) is 0 Å². The number of anilines is 1. The average molecular weight is 361 g/mol. The second-order valence-corrected chi connectivity index (χ2v) is 8.60. The summed E-state index contributed by atoms with van der Waals surface area (Å²) in [4.78, 5) is 30.9. The first-order valence-electron chi connectivity index (χ1n) is 9.31. The molecule has 1 aromatic rings. The molecule has 1 aliphatic carbocycles. The van der Waals surface area contributed by atoms with Crippen LogP contribution < -0.4 is 11.1 Å². The van der Waals surface area contributed by atoms with Crippen molar-refractivity contribution in [3.8, 4) is 0 Å². The number of nitrogens with zero attached hydrogens (tertiary/aromatic N) is 2. The Morgan fingerprint density at radius 2 is 1.85 bits per heavy atom. The van der Waals surface area contributed by atoms with Crippen molar-refractivity contribution in [2.24, 2.45) is 10.8 Å². The highest BCUT2D eigenvalue weighted by atomic mass is 16.2. The molecule has 3 N–H and O–H groups in total. The lowest BCUT2D eigenvalue weighted by Crippen LogP contribution is -2.46. The van der Waals surface area contributed by atoms with Crippen molar-refractivity contribution in [1.82, 2.24) is 15.2 Å². The van der Waals surface area contributed by atoms with Crippen LogP contribution in [0.25, 0.3) is 0 Å². The molecule has 1 aliphatic rings. The number of nitrogen functional groups attached to an aromatic ring is 1. The molecule has 144 valence electrons. The fourth-order valence-electron chi connectivity index (χ4n) is 3.55. The normalized spacial score (nSPS) is 18.2. The number of pyridine rings is 1. The van der Waals surface area contributed by atoms with E-state index >= 15 is 0 Å². The smallest absolute Gasteiger partial charge is 0.255 e. The summed E-state index contributed by atoms with van der Waals surface area (Å²) in [6.45, 7) is 9.29. The Morgan fingerprint density at radius 1 is 1.23 bits per heavy atom. The largest absolute Gasteiger partial charge is 0.383 e. The SMILES string of the molecule is Cc1ccnc(N)c1C(=O)NCCN(C)C(=O)C1(C)CCC(C)(C)CC1. The average Bonchev–Trinajstić information content (AvgIpc) is 2.57. The predicted octanol–water partition coefficient (Wildman–Crippen LogP) is 2.77. The summed E-state index contributed by atoms with van der Waals surface area (Å²) in [6.07, 6.45) is 5.56. The van der Waals surface area contributed by atoms with Crippen molar-refractivity contribution < 1.29 is 9.59 Å². The number of nitrogens with one attached hydrogen (secondary N) is 1. The van der Waals surface area contributed by atoms with Gasteiger partial charge >= 0.3 is 0 Å². The van der Waals surface area contributed by atoms with Crippen molar-refractivity contribution in [3.63, 3.8) is 0 Å². The third-order valence-electron chi connectivity index (χ3n) is 5.72. The molecule has 0 bridgehead atoms. The molecule has 0 spiro atoms. The lowest BCUT2D eigenvalue weighted by Gasteiger charge is -2.42. The van der Waals surface area contributed by atoms with Crippen molar-refractivity contribution in [2.45, 2.75) is 53.4 Å². The molecule has 0 saturated heterocycles. The molecule has 0 radical (unpaired) electrons. The molecule has 0 aromatic carbocycles. The van der Waals surface area contributed by atoms with Gasteiger partial charge in [-0.25, -0.2) is 4.98 Å². The Morgan fingerprint density at radius 3 is 2.42 bits per heavy atom. The van der Waals surface area contributed by atoms with Crippen molar-refractivity contribution in [2.75, 3.05) is 25.9 Å². The topological polar surface area (TPSA) is 88.3 Å². The van der Waals surface area contributed by atoms with E-state index in [-0.39, 0.29) is 23.0 Å². The number of amides is 2. The highest BCUT2D eigenvalue weighted by molar-refractivity contribution is 5.99. The second kappa shape index (κ2) is 7.64. The zero-order valence-corrected chi connectivity index (χ0v) is 16.7. The second-order valence-electron chi connectivity index (χ2n) is 8.60. The fraction of sp³-hybridized carbons (Fsp3) is 0.650. The molecular formula is C20H32N4O2. The third-order valence-corrected chi connectivity index (χ3v) is 5.72. The van der Waals surface area contributed by atoms with Crippen molar-refractivity contribution >= 4 is 17.6 Å². The maximum Gasteiger partial charge on any atom is 0.255 e. The Balaban J connectivity index is 1.87. The standard InChI is InChI=1S/C20H32N4O2/c1-14-6-11-22-16(21)15(14)17(25)23-12-13-24(5)18(26)20(4)9-7-19(2,3)8-10-20/h6,11H,7-10,12-13H2,1-5H3,(H2,21,22)(H,23,25). The van der Waals surface area contributed by atoms with E-state index in [0.29, 0.717) is 24.1 Å². The van der Waals surface area contributed by atoms with E-state index in [0.717, 1.165) is 31.2 Å². The molecular weight excluding hydrogens is 328 g/mol. The number of aromatic nitrogens is 1. The van der Waals surface area contributed by atoms with Gasteiger partial charge in [0.1, 0.15) is 5.82 Å². The highest BCUT2D eigenvalue weighted by Gasteiger charge is 2.41. The molecule has 1 fully saturated rings. The summed E-state index contributed by atoms with van der Waals surface area (Å²) in [5.74, 6) is 0.142. The monoisotopic (exact) mass is 360 g/mol. The van der Waals surface area contributed by atoms with Gasteiger partial charge in [0, 0.05) is 31.7 Å². The minimum atomic E-state index is -0.293. The van der Waals surface area contributed by atoms with Crippen LogP contribution in [0.2, 0.25) is 0 Å². The molecule has 1 heterocycles. The van der Waals surface area contributed by atoms with Crippen LogP contribution in [-0.2, 0) is 4.79 Å². The van der Waals surface area contributed by atoms with E-state index in [1.165, 1.54) is 0 Å². The van der Waals surface area contributed by atoms with Crippen molar-refractivity contribution in [1.29, 1.82) is 0 Å². The Kier molecular flexibility index (Phi) is 5.94. The van der Waals surface area contributed by atoms with Crippen LogP contribution in [-0.4, -0.2) is 41.8 Å². The number of hydrogen-bond donors (Lipinski definition) is 2. The molecule has 0 atom stereocenters. The maximum absolute atomic E-state index is 12.9. The van der Waals surface area contributed by atoms with Gasteiger partial charge in [-0.2, -0.15) is 0 Å². The zero-order chi connectivity index (χ0) is 19.5. The van der Waals surface area contributed by atoms with Gasteiger partial charge in [-0.1, -0.05) is 20.8 Å². The first-order chi connectivity index (χ1) is 12.1. The van der Waals surface area contributed by atoms with Gasteiger partial charge in [0.05, 0.1) is 5.56 Å². The zero-order valence-electron chi connectivity index (χ0n) is 16.7. The highest BCUT2D eigenvalue weighted by Crippen LogP contribution is 2.45. The number of likely N-dealkylation sites (N-methyl/N-ethyl adjacent to an activating group) is 1. The number of rotatable bonds is 5. The first-order valence-corrected chi connectivity index (χ1v) is 9.31. The van der Waals surface area contributed by atoms with Crippen LogP contribution in [0.3, 0.4) is 0 Å². The lowest BCUT2D eigenvalue weighted by molar-refractivity contribution is -0.142. The summed E-state index contributed by atoms with van der Waals surface area (Å²) >= 11 is 0. The first kappa shape index (κ1) is 20.2. The molecule has 2 amide bonds. The van der Waals surface area contributed by atoms with Gasteiger partial charge < -0.3 is 16.0 Å². The van der Waals surface area contributed by atoms with E-state index < -0.39 is 0 Å². The van der Waals surface area contributed by atoms with E-state index in [9.17, 15) is 9.59 Å². The summed E-state index contributed by atoms with van der Waals surface area (Å²) in [5, 5.41) is 2.84. The van der Waals surface area contributed by atoms with Crippen LogP contribution in [0.1, 0.15) is 62.4 Å². The summed E-state index contributed by atoms with van der Waals surface area (Å²) in [6, 6.07) is 1.76. The van der Waals surface area contributed by atoms with Gasteiger partial charge in [-0.15, -0.1) is 0 Å². The van der Waals surface area contributed by atoms with Crippen molar-refractivity contribution in [3.05, 3.63) is 23.4 Å². The van der Waals surface area contributed by atoms with Crippen LogP contribution >= 0.6 is 0 Å². The molecule has 0 aliphatic heterocycles. The number of carbonyl (C=O) groups is 2. The number of nitrogens with two attached hydrogens (primary N) is 1. The maximum atomic E-state index is 12.9. The third kappa shape index (κ3) is 4.54. The minimum Gasteiger partial charge on any atom is -0.383 e. The molecule has 0 unspecified atom stereocenters. The van der Waals surface area contributed by atoms with E-state index in [1.54, 1.807) is 17.2 Å². The Labute approximate surface area is 156 Å². The van der Waals surface area contributed by atoms with E-state index in [4.69, 9.17) is 5.73 Å². The molecule has 6 heteroatoms. The summed E-state index contributed by atoms with van der Waals surface area (Å²) < 4.78 is 0. The van der Waals surface area contributed by atoms with Gasteiger partial charge in [-0.05, 0) is 49.7 Å². The van der Waals surface area contributed by atoms with Crippen LogP contribution in [0.15, 0.2) is 12.3 Å². The Bertz CT molecular complexity index is 654. The lowest BCUT2D eigenvalue weighted by atomic mass is 9.65.